The van der Waals surface area contributed by atoms with E-state index >= 15 is 0 Å². The molecule has 7 aromatic rings. The molecule has 0 heterocycles. The predicted octanol–water partition coefficient (Wildman–Crippen LogP) is 11.7. The van der Waals surface area contributed by atoms with Crippen LogP contribution in [0.15, 0.2) is 131 Å². The third-order valence-corrected chi connectivity index (χ3v) is 11.9. The van der Waals surface area contributed by atoms with Crippen LogP contribution < -0.4 is 0 Å². The van der Waals surface area contributed by atoms with Crippen LogP contribution in [-0.4, -0.2) is 53.9 Å². The first-order chi connectivity index (χ1) is 31.9. The Labute approximate surface area is 386 Å². The van der Waals surface area contributed by atoms with Crippen molar-refractivity contribution in [2.75, 3.05) is 0 Å². The highest BCUT2D eigenvalue weighted by Crippen LogP contribution is 2.47. The second-order valence-electron chi connectivity index (χ2n) is 13.3. The number of hydrogen-bond donors (Lipinski definition) is 7. The molecule has 0 aliphatic heterocycles. The van der Waals surface area contributed by atoms with Crippen LogP contribution in [0.2, 0.25) is 0 Å². The van der Waals surface area contributed by atoms with Crippen molar-refractivity contribution in [3.8, 4) is 17.2 Å². The molecule has 7 N–H and O–H groups in total. The fraction of sp³-hybridized carbons (Fsp3) is 0.0526. The molecule has 0 unspecified atom stereocenters. The van der Waals surface area contributed by atoms with Gasteiger partial charge in [0.2, 0.25) is 0 Å². The summed E-state index contributed by atoms with van der Waals surface area (Å²) >= 11 is 1.64. The lowest BCUT2D eigenvalue weighted by molar-refractivity contribution is -0.432. The van der Waals surface area contributed by atoms with Crippen molar-refractivity contribution in [2.24, 2.45) is 20.5 Å². The minimum Gasteiger partial charge on any atom is -0.506 e. The summed E-state index contributed by atoms with van der Waals surface area (Å²) in [7, 11) is -4.54. The second kappa shape index (κ2) is 21.7. The molecule has 0 spiro atoms. The number of phenols is 3. The topological polar surface area (TPSA) is 367 Å². The molecule has 348 valence electrons. The Balaban J connectivity index is 0.000000222. The van der Waals surface area contributed by atoms with Crippen LogP contribution in [0.5, 0.6) is 17.2 Å². The van der Waals surface area contributed by atoms with Gasteiger partial charge in [-0.1, -0.05) is 38.9 Å². The summed E-state index contributed by atoms with van der Waals surface area (Å²) in [6.45, 7) is 3.38. The molecule has 0 amide bonds. The van der Waals surface area contributed by atoms with Crippen molar-refractivity contribution in [2.45, 2.75) is 33.4 Å². The molecular weight excluding hydrogens is 973 g/mol. The number of fused-ring (bicyclic) bond motifs is 3. The van der Waals surface area contributed by atoms with Crippen LogP contribution in [0.3, 0.4) is 0 Å². The van der Waals surface area contributed by atoms with Crippen LogP contribution in [0.4, 0.5) is 34.1 Å². The molecule has 0 saturated carbocycles. The Bertz CT molecular complexity index is 3240. The Hall–Kier alpha value is -6.68. The van der Waals surface area contributed by atoms with Gasteiger partial charge < -0.3 is 15.3 Å². The number of nitrogens with zero attached hydrogens (tertiary/aromatic N) is 6. The maximum Gasteiger partial charge on any atom is 0.294 e. The van der Waals surface area contributed by atoms with Gasteiger partial charge in [-0.25, -0.2) is 15.8 Å². The number of aryl methyl sites for hydroxylation is 2. The van der Waals surface area contributed by atoms with Gasteiger partial charge >= 0.3 is 0 Å². The molecule has 29 heteroatoms. The molecule has 7 aromatic carbocycles. The third-order valence-electron chi connectivity index (χ3n) is 9.12. The van der Waals surface area contributed by atoms with E-state index in [0.717, 1.165) is 35.9 Å². The summed E-state index contributed by atoms with van der Waals surface area (Å²) in [5, 5.41) is 109. The molecule has 67 heavy (non-hydrogen) atoms. The van der Waals surface area contributed by atoms with Crippen molar-refractivity contribution in [1.29, 1.82) is 0 Å². The van der Waals surface area contributed by atoms with E-state index in [-0.39, 0.29) is 55.4 Å². The summed E-state index contributed by atoms with van der Waals surface area (Å²) < 4.78 is 45.8. The number of rotatable bonds is 16. The monoisotopic (exact) mass is 1000 g/mol. The quantitative estimate of drug-likeness (QED) is 0.0118. The van der Waals surface area contributed by atoms with Gasteiger partial charge in [-0.2, -0.15) is 8.42 Å². The Morgan fingerprint density at radius 1 is 0.567 bits per heavy atom. The Morgan fingerprint density at radius 3 is 1.73 bits per heavy atom. The maximum absolute atomic E-state index is 11.5. The van der Waals surface area contributed by atoms with Gasteiger partial charge in [0, 0.05) is 50.7 Å². The SMILES string of the molecule is Cc1cc(S(=O)(=O)O)cc2cc(SOOO)c(N=Nc3cc([N+](=O)[O-])ccc3O)c(O)c12.Cc1ccc2c(O)c(N=Nc3ccc(SOOO)c4cc([N+](=O)[O-])ccc34)c(SOOO)cc2c1. The lowest BCUT2D eigenvalue weighted by Crippen LogP contribution is -1.99. The van der Waals surface area contributed by atoms with Gasteiger partial charge in [0.25, 0.3) is 21.5 Å². The zero-order valence-electron chi connectivity index (χ0n) is 33.5. The fourth-order valence-corrected chi connectivity index (χ4v) is 8.32. The maximum atomic E-state index is 11.5. The van der Waals surface area contributed by atoms with E-state index in [1.807, 2.05) is 19.1 Å². The summed E-state index contributed by atoms with van der Waals surface area (Å²) in [6, 6.07) is 21.0. The molecule has 0 fully saturated rings. The van der Waals surface area contributed by atoms with Gasteiger partial charge in [0.15, 0.2) is 11.5 Å². The largest absolute Gasteiger partial charge is 0.506 e. The average molecular weight is 1000 g/mol. The van der Waals surface area contributed by atoms with E-state index in [1.165, 1.54) is 31.2 Å². The van der Waals surface area contributed by atoms with Crippen molar-refractivity contribution in [1.82, 2.24) is 0 Å². The Kier molecular flexibility index (Phi) is 16.1. The third kappa shape index (κ3) is 11.7. The summed E-state index contributed by atoms with van der Waals surface area (Å²) in [6.07, 6.45) is 0. The molecule has 0 bridgehead atoms. The zero-order chi connectivity index (χ0) is 48.6. The molecule has 0 aromatic heterocycles. The molecule has 0 aliphatic carbocycles. The van der Waals surface area contributed by atoms with Crippen LogP contribution in [-0.2, 0) is 38.2 Å². The molecule has 7 rings (SSSR count). The highest BCUT2D eigenvalue weighted by atomic mass is 32.2. The van der Waals surface area contributed by atoms with E-state index < -0.39 is 36.4 Å². The number of aromatic hydroxyl groups is 3. The smallest absolute Gasteiger partial charge is 0.294 e. The second-order valence-corrected chi connectivity index (χ2v) is 16.9. The minimum absolute atomic E-state index is 0.0235. The number of non-ortho nitro benzene ring substituents is 2. The molecule has 0 radical (unpaired) electrons. The number of azo groups is 2. The average Bonchev–Trinajstić information content (AvgIpc) is 3.28. The zero-order valence-corrected chi connectivity index (χ0v) is 36.8. The van der Waals surface area contributed by atoms with Gasteiger partial charge in [0.1, 0.15) is 22.8 Å². The van der Waals surface area contributed by atoms with Crippen LogP contribution >= 0.6 is 36.1 Å². The van der Waals surface area contributed by atoms with Gasteiger partial charge in [-0.3, -0.25) is 24.8 Å². The van der Waals surface area contributed by atoms with E-state index in [2.05, 4.69) is 48.6 Å². The number of nitro benzene ring substituents is 2. The highest BCUT2D eigenvalue weighted by Gasteiger charge is 2.21. The number of phenolic OH excluding ortho intramolecular Hbond substituents is 3. The van der Waals surface area contributed by atoms with Gasteiger partial charge in [-0.05, 0) is 78.7 Å². The molecule has 0 saturated heterocycles. The van der Waals surface area contributed by atoms with Crippen molar-refractivity contribution in [3.05, 3.63) is 122 Å². The lowest BCUT2D eigenvalue weighted by atomic mass is 10.0. The first-order valence-corrected chi connectivity index (χ1v) is 21.6. The summed E-state index contributed by atoms with van der Waals surface area (Å²) in [4.78, 5) is 21.2. The van der Waals surface area contributed by atoms with E-state index in [9.17, 15) is 48.5 Å². The summed E-state index contributed by atoms with van der Waals surface area (Å²) in [5.41, 5.74) is 0.562. The number of nitro groups is 2. The van der Waals surface area contributed by atoms with Crippen molar-refractivity contribution in [3.63, 3.8) is 0 Å². The fourth-order valence-electron chi connectivity index (χ4n) is 6.24. The lowest BCUT2D eigenvalue weighted by Gasteiger charge is -2.12. The Morgan fingerprint density at radius 2 is 1.12 bits per heavy atom. The van der Waals surface area contributed by atoms with Crippen LogP contribution in [0.25, 0.3) is 32.3 Å². The first kappa shape index (κ1) is 49.7. The molecule has 0 aliphatic rings. The number of benzene rings is 7. The first-order valence-electron chi connectivity index (χ1n) is 18.0. The van der Waals surface area contributed by atoms with E-state index in [1.54, 1.807) is 24.3 Å². The normalized spacial score (nSPS) is 11.8. The molecule has 0 atom stereocenters. The van der Waals surface area contributed by atoms with Gasteiger partial charge in [0.05, 0.1) is 66.3 Å². The van der Waals surface area contributed by atoms with Crippen LogP contribution in [0.1, 0.15) is 11.1 Å². The molecular formula is C38H28N6O19S4. The predicted molar refractivity (Wildman–Crippen MR) is 236 cm³/mol. The van der Waals surface area contributed by atoms with E-state index in [4.69, 9.17) is 15.8 Å². The van der Waals surface area contributed by atoms with Gasteiger partial charge in [-0.15, -0.1) is 33.5 Å². The number of hydrogen-bond acceptors (Lipinski definition) is 25. The van der Waals surface area contributed by atoms with Crippen molar-refractivity contribution < 1.29 is 82.0 Å². The van der Waals surface area contributed by atoms with Crippen molar-refractivity contribution >= 4 is 113 Å². The standard InChI is InChI=1S/C21H15N3O9S2.C17H13N3O10S2/c1-11-2-4-14-12(8-11)9-19(35-33-31-29)20(21(14)25)23-22-17-6-7-18(34-32-30-28)16-10-13(24(26)27)3-5-15(16)17;1-8-4-11(32(26,27)28)5-9-6-14(31-30-29-25)16(17(22)15(8)9)19-18-12-7-10(20(23)24)2-3-13(12)21/h2-10,25,28-29H,1H3;2-7,21-22,25H,1H3,(H,26,27,28). The van der Waals surface area contributed by atoms with Crippen LogP contribution in [0, 0.1) is 34.1 Å². The minimum atomic E-state index is -4.54. The molecule has 25 nitrogen and oxygen atoms in total. The van der Waals surface area contributed by atoms with E-state index in [0.29, 0.717) is 73.2 Å². The summed E-state index contributed by atoms with van der Waals surface area (Å²) in [5.74, 6) is -1.08. The highest BCUT2D eigenvalue weighted by molar-refractivity contribution is 7.95.